The van der Waals surface area contributed by atoms with Crippen LogP contribution in [-0.4, -0.2) is 30.5 Å². The Morgan fingerprint density at radius 1 is 1.50 bits per heavy atom. The van der Waals surface area contributed by atoms with Crippen LogP contribution < -0.4 is 5.32 Å². The Morgan fingerprint density at radius 3 is 2.40 bits per heavy atom. The van der Waals surface area contributed by atoms with E-state index in [9.17, 15) is 8.78 Å². The van der Waals surface area contributed by atoms with Crippen molar-refractivity contribution >= 4 is 24.2 Å². The third-order valence-corrected chi connectivity index (χ3v) is 2.45. The fourth-order valence-electron chi connectivity index (χ4n) is 0.589. The molecule has 0 aliphatic carbocycles. The lowest BCUT2D eigenvalue weighted by molar-refractivity contribution is 0.176. The molecule has 1 fully saturated rings. The van der Waals surface area contributed by atoms with Crippen molar-refractivity contribution in [2.45, 2.75) is 11.7 Å². The second-order valence-electron chi connectivity index (χ2n) is 2.00. The summed E-state index contributed by atoms with van der Waals surface area (Å²) in [6, 6.07) is 0. The van der Waals surface area contributed by atoms with Crippen molar-refractivity contribution in [3.8, 4) is 0 Å². The quantitative estimate of drug-likeness (QED) is 0.720. The first kappa shape index (κ1) is 10.5. The van der Waals surface area contributed by atoms with Crippen LogP contribution >= 0.6 is 24.2 Å². The minimum absolute atomic E-state index is 0. The zero-order chi connectivity index (χ0) is 6.69. The Labute approximate surface area is 69.4 Å². The molecule has 0 radical (unpaired) electrons. The monoisotopic (exact) mass is 189 g/mol. The summed E-state index contributed by atoms with van der Waals surface area (Å²) >= 11 is 1.36. The molecule has 62 valence electrons. The van der Waals surface area contributed by atoms with E-state index in [4.69, 9.17) is 0 Å². The molecular weight excluding hydrogens is 180 g/mol. The lowest BCUT2D eigenvalue weighted by Crippen LogP contribution is -2.44. The van der Waals surface area contributed by atoms with Crippen LogP contribution in [0.3, 0.4) is 0 Å². The zero-order valence-corrected chi connectivity index (χ0v) is 6.98. The highest BCUT2D eigenvalue weighted by Crippen LogP contribution is 2.16. The number of hydrogen-bond donors (Lipinski definition) is 1. The third kappa shape index (κ3) is 3.58. The average molecular weight is 190 g/mol. The van der Waals surface area contributed by atoms with Crippen molar-refractivity contribution in [3.05, 3.63) is 0 Å². The van der Waals surface area contributed by atoms with Crippen LogP contribution in [0.15, 0.2) is 0 Å². The van der Waals surface area contributed by atoms with Gasteiger partial charge in [0.1, 0.15) is 0 Å². The molecule has 10 heavy (non-hydrogen) atoms. The van der Waals surface area contributed by atoms with Gasteiger partial charge < -0.3 is 5.32 Å². The van der Waals surface area contributed by atoms with Crippen LogP contribution in [0.4, 0.5) is 8.78 Å². The molecular formula is C5H10ClF2NS. The molecule has 1 rings (SSSR count). The summed E-state index contributed by atoms with van der Waals surface area (Å²) in [6.45, 7) is 1.80. The van der Waals surface area contributed by atoms with Gasteiger partial charge in [-0.25, -0.2) is 8.78 Å². The first-order valence-electron chi connectivity index (χ1n) is 2.89. The Balaban J connectivity index is 0.000000810. The van der Waals surface area contributed by atoms with Gasteiger partial charge in [0.2, 0.25) is 6.43 Å². The maximum absolute atomic E-state index is 11.5. The number of thioether (sulfide) groups is 1. The molecule has 1 heterocycles. The van der Waals surface area contributed by atoms with Gasteiger partial charge in [-0.2, -0.15) is 0 Å². The van der Waals surface area contributed by atoms with Crippen LogP contribution in [0, 0.1) is 0 Å². The zero-order valence-electron chi connectivity index (χ0n) is 5.35. The molecule has 0 aromatic heterocycles. The summed E-state index contributed by atoms with van der Waals surface area (Å²) in [5, 5.41) is 3.46. The van der Waals surface area contributed by atoms with Crippen molar-refractivity contribution < 1.29 is 8.78 Å². The van der Waals surface area contributed by atoms with Crippen molar-refractivity contribution in [2.24, 2.45) is 0 Å². The van der Waals surface area contributed by atoms with Crippen LogP contribution in [0.5, 0.6) is 0 Å². The minimum atomic E-state index is -2.14. The summed E-state index contributed by atoms with van der Waals surface area (Å²) in [5.41, 5.74) is 0. The van der Waals surface area contributed by atoms with Crippen LogP contribution in [0.1, 0.15) is 0 Å². The molecule has 1 N–H and O–H groups in total. The number of nitrogens with one attached hydrogen (secondary N) is 1. The summed E-state index contributed by atoms with van der Waals surface area (Å²) in [6.07, 6.45) is -2.14. The predicted octanol–water partition coefficient (Wildman–Crippen LogP) is 1.38. The standard InChI is InChI=1S/C5H9F2NS.ClH/c6-5(7)3-9-4-1-8-2-4;/h4-5,8H,1-3H2;1H. The SMILES string of the molecule is Cl.FC(F)CSC1CNC1. The molecule has 0 saturated carbocycles. The van der Waals surface area contributed by atoms with E-state index in [0.29, 0.717) is 5.25 Å². The second-order valence-corrected chi connectivity index (χ2v) is 3.34. The Kier molecular flexibility index (Phi) is 5.39. The minimum Gasteiger partial charge on any atom is -0.314 e. The topological polar surface area (TPSA) is 12.0 Å². The van der Waals surface area contributed by atoms with Gasteiger partial charge in [-0.15, -0.1) is 24.2 Å². The molecule has 5 heteroatoms. The largest absolute Gasteiger partial charge is 0.314 e. The van der Waals surface area contributed by atoms with E-state index >= 15 is 0 Å². The first-order chi connectivity index (χ1) is 4.29. The van der Waals surface area contributed by atoms with E-state index in [1.807, 2.05) is 0 Å². The Morgan fingerprint density at radius 2 is 2.10 bits per heavy atom. The highest BCUT2D eigenvalue weighted by molar-refractivity contribution is 8.00. The normalized spacial score (nSPS) is 18.3. The Bertz CT molecular complexity index is 89.7. The van der Waals surface area contributed by atoms with E-state index in [2.05, 4.69) is 5.32 Å². The van der Waals surface area contributed by atoms with E-state index in [0.717, 1.165) is 13.1 Å². The van der Waals surface area contributed by atoms with Crippen molar-refractivity contribution in [1.82, 2.24) is 5.32 Å². The molecule has 0 spiro atoms. The van der Waals surface area contributed by atoms with Gasteiger partial charge in [-0.3, -0.25) is 0 Å². The van der Waals surface area contributed by atoms with Gasteiger partial charge in [0, 0.05) is 18.3 Å². The smallest absolute Gasteiger partial charge is 0.247 e. The van der Waals surface area contributed by atoms with E-state index in [1.165, 1.54) is 11.8 Å². The number of alkyl halides is 2. The van der Waals surface area contributed by atoms with Gasteiger partial charge in [0.05, 0.1) is 5.75 Å². The van der Waals surface area contributed by atoms with Crippen LogP contribution in [-0.2, 0) is 0 Å². The number of halogens is 3. The first-order valence-corrected chi connectivity index (χ1v) is 3.94. The van der Waals surface area contributed by atoms with E-state index in [-0.39, 0.29) is 18.2 Å². The summed E-state index contributed by atoms with van der Waals surface area (Å²) in [7, 11) is 0. The molecule has 0 bridgehead atoms. The predicted molar refractivity (Wildman–Crippen MR) is 42.4 cm³/mol. The summed E-state index contributed by atoms with van der Waals surface area (Å²) in [5.74, 6) is -0.00759. The maximum Gasteiger partial charge on any atom is 0.247 e. The van der Waals surface area contributed by atoms with Crippen molar-refractivity contribution in [1.29, 1.82) is 0 Å². The summed E-state index contributed by atoms with van der Waals surface area (Å²) in [4.78, 5) is 0. The van der Waals surface area contributed by atoms with Gasteiger partial charge in [-0.1, -0.05) is 0 Å². The van der Waals surface area contributed by atoms with E-state index in [1.54, 1.807) is 0 Å². The molecule has 1 aliphatic rings. The lowest BCUT2D eigenvalue weighted by atomic mass is 10.3. The molecule has 1 saturated heterocycles. The van der Waals surface area contributed by atoms with Crippen LogP contribution in [0.2, 0.25) is 0 Å². The molecule has 1 nitrogen and oxygen atoms in total. The highest BCUT2D eigenvalue weighted by Gasteiger charge is 2.18. The van der Waals surface area contributed by atoms with Crippen LogP contribution in [0.25, 0.3) is 0 Å². The Hall–Kier alpha value is 0.460. The fraction of sp³-hybridized carbons (Fsp3) is 1.00. The fourth-order valence-corrected chi connectivity index (χ4v) is 1.48. The number of rotatable bonds is 3. The van der Waals surface area contributed by atoms with Crippen molar-refractivity contribution in [3.63, 3.8) is 0 Å². The second kappa shape index (κ2) is 5.16. The number of hydrogen-bond acceptors (Lipinski definition) is 2. The average Bonchev–Trinajstić information content (AvgIpc) is 1.60. The van der Waals surface area contributed by atoms with E-state index < -0.39 is 6.43 Å². The third-order valence-electron chi connectivity index (χ3n) is 1.20. The highest BCUT2D eigenvalue weighted by atomic mass is 35.5. The lowest BCUT2D eigenvalue weighted by Gasteiger charge is -2.25. The van der Waals surface area contributed by atoms with Gasteiger partial charge in [-0.05, 0) is 0 Å². The van der Waals surface area contributed by atoms with Crippen molar-refractivity contribution in [2.75, 3.05) is 18.8 Å². The summed E-state index contributed by atoms with van der Waals surface area (Å²) < 4.78 is 23.0. The molecule has 0 aromatic carbocycles. The molecule has 0 unspecified atom stereocenters. The van der Waals surface area contributed by atoms with Gasteiger partial charge in [0.15, 0.2) is 0 Å². The molecule has 1 aliphatic heterocycles. The maximum atomic E-state index is 11.5. The molecule has 0 amide bonds. The molecule has 0 atom stereocenters. The van der Waals surface area contributed by atoms with Gasteiger partial charge in [0.25, 0.3) is 0 Å². The molecule has 0 aromatic rings. The van der Waals surface area contributed by atoms with Gasteiger partial charge >= 0.3 is 0 Å².